The van der Waals surface area contributed by atoms with Crippen LogP contribution in [0.25, 0.3) is 0 Å². The van der Waals surface area contributed by atoms with Gasteiger partial charge in [0.15, 0.2) is 0 Å². The lowest BCUT2D eigenvalue weighted by Crippen LogP contribution is -2.43. The molecule has 0 bridgehead atoms. The van der Waals surface area contributed by atoms with E-state index >= 15 is 0 Å². The highest BCUT2D eigenvalue weighted by Crippen LogP contribution is 2.27. The van der Waals surface area contributed by atoms with E-state index in [4.69, 9.17) is 5.11 Å². The minimum Gasteiger partial charge on any atom is -0.480 e. The lowest BCUT2D eigenvalue weighted by Gasteiger charge is -2.26. The molecule has 1 aliphatic rings. The van der Waals surface area contributed by atoms with Crippen LogP contribution in [0.1, 0.15) is 32.6 Å². The minimum absolute atomic E-state index is 0.444. The van der Waals surface area contributed by atoms with Crippen molar-refractivity contribution in [3.05, 3.63) is 0 Å². The van der Waals surface area contributed by atoms with Gasteiger partial charge in [-0.15, -0.1) is 0 Å². The van der Waals surface area contributed by atoms with Crippen molar-refractivity contribution in [2.24, 2.45) is 11.8 Å². The Balaban J connectivity index is 2.10. The molecule has 3 amide bonds. The molecule has 0 saturated heterocycles. The largest absolute Gasteiger partial charge is 0.480 e. The number of hydrogen-bond donors (Lipinski definition) is 3. The molecule has 0 heterocycles. The van der Waals surface area contributed by atoms with Crippen molar-refractivity contribution < 1.29 is 24.2 Å². The number of imide groups is 1. The highest BCUT2D eigenvalue weighted by Gasteiger charge is 2.19. The lowest BCUT2D eigenvalue weighted by atomic mass is 9.83. The first-order valence-corrected chi connectivity index (χ1v) is 6.84. The SMILES string of the molecule is CC1CCC(CNC(=O)NC(=O)COCC(=O)O)CC1. The number of carboxylic acids is 1. The van der Waals surface area contributed by atoms with Crippen LogP contribution in [0.5, 0.6) is 0 Å². The number of nitrogens with one attached hydrogen (secondary N) is 2. The lowest BCUT2D eigenvalue weighted by molar-refractivity contribution is -0.143. The van der Waals surface area contributed by atoms with Gasteiger partial charge in [0.2, 0.25) is 0 Å². The summed E-state index contributed by atoms with van der Waals surface area (Å²) in [7, 11) is 0. The first kappa shape index (κ1) is 16.4. The van der Waals surface area contributed by atoms with E-state index in [-0.39, 0.29) is 0 Å². The Morgan fingerprint density at radius 2 is 1.80 bits per heavy atom. The van der Waals surface area contributed by atoms with Crippen LogP contribution >= 0.6 is 0 Å². The molecule has 0 atom stereocenters. The molecule has 114 valence electrons. The zero-order chi connectivity index (χ0) is 15.0. The molecule has 0 unspecified atom stereocenters. The van der Waals surface area contributed by atoms with Gasteiger partial charge in [0.1, 0.15) is 13.2 Å². The van der Waals surface area contributed by atoms with Crippen LogP contribution in [0.15, 0.2) is 0 Å². The summed E-state index contributed by atoms with van der Waals surface area (Å²) in [6, 6.07) is -0.562. The summed E-state index contributed by atoms with van der Waals surface area (Å²) < 4.78 is 4.57. The van der Waals surface area contributed by atoms with Crippen LogP contribution in [-0.2, 0) is 14.3 Å². The maximum absolute atomic E-state index is 11.4. The third kappa shape index (κ3) is 7.08. The number of ether oxygens (including phenoxy) is 1. The Kier molecular flexibility index (Phi) is 7.00. The molecule has 0 spiro atoms. The van der Waals surface area contributed by atoms with E-state index in [0.717, 1.165) is 18.8 Å². The Hall–Kier alpha value is -1.63. The maximum atomic E-state index is 11.4. The Labute approximate surface area is 118 Å². The van der Waals surface area contributed by atoms with Crippen LogP contribution in [0.2, 0.25) is 0 Å². The van der Waals surface area contributed by atoms with Gasteiger partial charge >= 0.3 is 12.0 Å². The first-order chi connectivity index (χ1) is 9.47. The molecule has 1 saturated carbocycles. The van der Waals surface area contributed by atoms with Crippen molar-refractivity contribution in [1.82, 2.24) is 10.6 Å². The fraction of sp³-hybridized carbons (Fsp3) is 0.769. The Bertz CT molecular complexity index is 351. The first-order valence-electron chi connectivity index (χ1n) is 6.84. The third-order valence-electron chi connectivity index (χ3n) is 3.40. The average molecular weight is 286 g/mol. The van der Waals surface area contributed by atoms with Gasteiger partial charge in [-0.25, -0.2) is 9.59 Å². The minimum atomic E-state index is -1.16. The van der Waals surface area contributed by atoms with Gasteiger partial charge < -0.3 is 15.2 Å². The number of rotatable bonds is 6. The summed E-state index contributed by atoms with van der Waals surface area (Å²) in [4.78, 5) is 32.8. The number of carbonyl (C=O) groups excluding carboxylic acids is 2. The van der Waals surface area contributed by atoms with Gasteiger partial charge in [0, 0.05) is 6.54 Å². The molecule has 1 aliphatic carbocycles. The molecular formula is C13H22N2O5. The number of carboxylic acid groups (broad SMARTS) is 1. The molecule has 1 rings (SSSR count). The summed E-state index contributed by atoms with van der Waals surface area (Å²) in [5.41, 5.74) is 0. The average Bonchev–Trinajstić information content (AvgIpc) is 2.37. The van der Waals surface area contributed by atoms with E-state index in [1.165, 1.54) is 12.8 Å². The van der Waals surface area contributed by atoms with Gasteiger partial charge in [-0.3, -0.25) is 10.1 Å². The van der Waals surface area contributed by atoms with Gasteiger partial charge in [-0.05, 0) is 24.7 Å². The van der Waals surface area contributed by atoms with Gasteiger partial charge in [0.25, 0.3) is 5.91 Å². The summed E-state index contributed by atoms with van der Waals surface area (Å²) in [6.45, 7) is 1.78. The van der Waals surface area contributed by atoms with Gasteiger partial charge in [-0.1, -0.05) is 19.8 Å². The van der Waals surface area contributed by atoms with E-state index in [9.17, 15) is 14.4 Å². The zero-order valence-corrected chi connectivity index (χ0v) is 11.7. The van der Waals surface area contributed by atoms with Crippen LogP contribution in [-0.4, -0.2) is 42.8 Å². The fourth-order valence-corrected chi connectivity index (χ4v) is 2.21. The van der Waals surface area contributed by atoms with Crippen molar-refractivity contribution in [2.75, 3.05) is 19.8 Å². The molecule has 0 aromatic rings. The van der Waals surface area contributed by atoms with Crippen LogP contribution in [0, 0.1) is 11.8 Å². The maximum Gasteiger partial charge on any atom is 0.329 e. The molecule has 20 heavy (non-hydrogen) atoms. The number of carbonyl (C=O) groups is 3. The third-order valence-corrected chi connectivity index (χ3v) is 3.40. The van der Waals surface area contributed by atoms with Crippen LogP contribution in [0.4, 0.5) is 4.79 Å². The fourth-order valence-electron chi connectivity index (χ4n) is 2.21. The summed E-state index contributed by atoms with van der Waals surface area (Å²) in [6.07, 6.45) is 4.54. The molecule has 3 N–H and O–H groups in total. The van der Waals surface area contributed by atoms with Crippen molar-refractivity contribution >= 4 is 17.9 Å². The molecule has 1 fully saturated rings. The molecule has 7 heteroatoms. The monoisotopic (exact) mass is 286 g/mol. The van der Waals surface area contributed by atoms with Crippen LogP contribution < -0.4 is 10.6 Å². The second kappa shape index (κ2) is 8.52. The van der Waals surface area contributed by atoms with Crippen LogP contribution in [0.3, 0.4) is 0 Å². The number of hydrogen-bond acceptors (Lipinski definition) is 4. The van der Waals surface area contributed by atoms with E-state index in [1.807, 2.05) is 0 Å². The van der Waals surface area contributed by atoms with Gasteiger partial charge in [-0.2, -0.15) is 0 Å². The van der Waals surface area contributed by atoms with Crippen molar-refractivity contribution in [2.45, 2.75) is 32.6 Å². The van der Waals surface area contributed by atoms with E-state index < -0.39 is 31.1 Å². The molecule has 7 nitrogen and oxygen atoms in total. The second-order valence-corrected chi connectivity index (χ2v) is 5.27. The smallest absolute Gasteiger partial charge is 0.329 e. The number of urea groups is 1. The Morgan fingerprint density at radius 3 is 2.40 bits per heavy atom. The van der Waals surface area contributed by atoms with Crippen molar-refractivity contribution in [1.29, 1.82) is 0 Å². The van der Waals surface area contributed by atoms with Crippen molar-refractivity contribution in [3.63, 3.8) is 0 Å². The number of amides is 3. The molecular weight excluding hydrogens is 264 g/mol. The summed E-state index contributed by atoms with van der Waals surface area (Å²) >= 11 is 0. The van der Waals surface area contributed by atoms with Gasteiger partial charge in [0.05, 0.1) is 0 Å². The van der Waals surface area contributed by atoms with E-state index in [1.54, 1.807) is 0 Å². The van der Waals surface area contributed by atoms with E-state index in [0.29, 0.717) is 12.5 Å². The quantitative estimate of drug-likeness (QED) is 0.668. The summed E-state index contributed by atoms with van der Waals surface area (Å²) in [5.74, 6) is -0.585. The molecule has 0 aromatic carbocycles. The van der Waals surface area contributed by atoms with Crippen molar-refractivity contribution in [3.8, 4) is 0 Å². The van der Waals surface area contributed by atoms with E-state index in [2.05, 4.69) is 22.3 Å². The Morgan fingerprint density at radius 1 is 1.15 bits per heavy atom. The number of aliphatic carboxylic acids is 1. The molecule has 0 aromatic heterocycles. The highest BCUT2D eigenvalue weighted by molar-refractivity contribution is 5.94. The predicted octanol–water partition coefficient (Wildman–Crippen LogP) is 0.740. The predicted molar refractivity (Wildman–Crippen MR) is 71.1 cm³/mol. The molecule has 0 aliphatic heterocycles. The molecule has 0 radical (unpaired) electrons. The summed E-state index contributed by atoms with van der Waals surface area (Å²) in [5, 5.41) is 13.1. The zero-order valence-electron chi connectivity index (χ0n) is 11.7. The normalized spacial score (nSPS) is 22.1. The second-order valence-electron chi connectivity index (χ2n) is 5.27. The highest BCUT2D eigenvalue weighted by atomic mass is 16.5. The standard InChI is InChI=1S/C13H22N2O5/c1-9-2-4-10(5-3-9)6-14-13(19)15-11(16)7-20-8-12(17)18/h9-10H,2-8H2,1H3,(H,17,18)(H2,14,15,16,19). The topological polar surface area (TPSA) is 105 Å².